The molecule has 1 atom stereocenters. The number of halogens is 2. The van der Waals surface area contributed by atoms with E-state index in [0.29, 0.717) is 17.1 Å². The molecule has 0 bridgehead atoms. The second kappa shape index (κ2) is 15.8. The van der Waals surface area contributed by atoms with Gasteiger partial charge in [-0.1, -0.05) is 108 Å². The fourth-order valence-corrected chi connectivity index (χ4v) is 6.87. The molecule has 1 N–H and O–H groups in total. The number of rotatable bonds is 13. The number of amides is 2. The molecule has 10 heteroatoms. The van der Waals surface area contributed by atoms with Gasteiger partial charge in [-0.2, -0.15) is 0 Å². The summed E-state index contributed by atoms with van der Waals surface area (Å²) < 4.78 is 30.5. The van der Waals surface area contributed by atoms with Crippen LogP contribution in [0.5, 0.6) is 0 Å². The highest BCUT2D eigenvalue weighted by Gasteiger charge is 2.35. The smallest absolute Gasteiger partial charge is 0.264 e. The highest BCUT2D eigenvalue weighted by Crippen LogP contribution is 2.30. The topological polar surface area (TPSA) is 86.8 Å². The van der Waals surface area contributed by atoms with Gasteiger partial charge >= 0.3 is 0 Å². The van der Waals surface area contributed by atoms with Crippen LogP contribution in [0.2, 0.25) is 5.02 Å². The quantitative estimate of drug-likeness (QED) is 0.157. The summed E-state index contributed by atoms with van der Waals surface area (Å²) in [6, 6.07) is 27.5. The average molecular weight is 725 g/mol. The van der Waals surface area contributed by atoms with Crippen molar-refractivity contribution in [1.29, 1.82) is 0 Å². The van der Waals surface area contributed by atoms with E-state index in [-0.39, 0.29) is 35.4 Å². The highest BCUT2D eigenvalue weighted by atomic mass is 79.9. The Morgan fingerprint density at radius 2 is 1.52 bits per heavy atom. The molecule has 0 fully saturated rings. The third kappa shape index (κ3) is 9.21. The summed E-state index contributed by atoms with van der Waals surface area (Å²) in [7, 11) is -4.22. The van der Waals surface area contributed by atoms with Crippen LogP contribution in [-0.2, 0) is 32.6 Å². The van der Waals surface area contributed by atoms with Crippen molar-refractivity contribution in [3.63, 3.8) is 0 Å². The molecule has 0 aliphatic carbocycles. The minimum absolute atomic E-state index is 0.0419. The molecule has 1 unspecified atom stereocenters. The van der Waals surface area contributed by atoms with Crippen molar-refractivity contribution in [3.8, 4) is 0 Å². The number of anilines is 1. The Balaban J connectivity index is 1.82. The third-order valence-corrected chi connectivity index (χ3v) is 10.1. The first-order valence-corrected chi connectivity index (χ1v) is 17.7. The van der Waals surface area contributed by atoms with Crippen molar-refractivity contribution in [1.82, 2.24) is 10.2 Å². The van der Waals surface area contributed by atoms with Crippen LogP contribution in [0.4, 0.5) is 5.69 Å². The molecule has 0 spiro atoms. The Bertz CT molecular complexity index is 1750. The van der Waals surface area contributed by atoms with Crippen molar-refractivity contribution in [2.75, 3.05) is 17.4 Å². The van der Waals surface area contributed by atoms with E-state index in [1.54, 1.807) is 37.3 Å². The molecule has 0 saturated heterocycles. The number of nitrogens with one attached hydrogen (secondary N) is 1. The Hall–Kier alpha value is -3.66. The number of nitrogens with zero attached hydrogens (tertiary/aromatic N) is 2. The second-order valence-corrected chi connectivity index (χ2v) is 15.0. The van der Waals surface area contributed by atoms with Crippen LogP contribution in [0, 0.1) is 19.8 Å². The molecule has 0 aliphatic rings. The molecule has 0 heterocycles. The van der Waals surface area contributed by atoms with Crippen LogP contribution in [-0.4, -0.2) is 44.3 Å². The van der Waals surface area contributed by atoms with Gasteiger partial charge in [0.2, 0.25) is 11.8 Å². The van der Waals surface area contributed by atoms with Crippen molar-refractivity contribution in [3.05, 3.63) is 129 Å². The Morgan fingerprint density at radius 3 is 2.15 bits per heavy atom. The maximum Gasteiger partial charge on any atom is 0.264 e. The van der Waals surface area contributed by atoms with Crippen LogP contribution in [0.15, 0.2) is 106 Å². The molecular weight excluding hydrogens is 686 g/mol. The first-order chi connectivity index (χ1) is 21.8. The number of aryl methyl sites for hydroxylation is 2. The predicted molar refractivity (Wildman–Crippen MR) is 188 cm³/mol. The number of hydrogen-bond donors (Lipinski definition) is 1. The second-order valence-electron chi connectivity index (χ2n) is 11.7. The lowest BCUT2D eigenvalue weighted by atomic mass is 10.0. The lowest BCUT2D eigenvalue weighted by Crippen LogP contribution is -2.53. The maximum atomic E-state index is 14.6. The molecule has 4 aromatic carbocycles. The summed E-state index contributed by atoms with van der Waals surface area (Å²) >= 11 is 9.83. The van der Waals surface area contributed by atoms with E-state index in [9.17, 15) is 18.0 Å². The lowest BCUT2D eigenvalue weighted by molar-refractivity contribution is -0.140. The van der Waals surface area contributed by atoms with Gasteiger partial charge in [-0.15, -0.1) is 0 Å². The van der Waals surface area contributed by atoms with Gasteiger partial charge in [0.05, 0.1) is 10.6 Å². The van der Waals surface area contributed by atoms with Gasteiger partial charge in [-0.25, -0.2) is 8.42 Å². The van der Waals surface area contributed by atoms with E-state index < -0.39 is 28.5 Å². The number of carbonyl (C=O) groups excluding carboxylic acids is 2. The molecular formula is C36H39BrClN3O4S. The summed E-state index contributed by atoms with van der Waals surface area (Å²) in [6.45, 7) is 7.61. The summed E-state index contributed by atoms with van der Waals surface area (Å²) in [5, 5.41) is 3.34. The zero-order valence-electron chi connectivity index (χ0n) is 26.4. The molecule has 0 saturated carbocycles. The van der Waals surface area contributed by atoms with Gasteiger partial charge in [0.25, 0.3) is 10.0 Å². The van der Waals surface area contributed by atoms with Gasteiger partial charge in [-0.3, -0.25) is 13.9 Å². The normalized spacial score (nSPS) is 12.1. The van der Waals surface area contributed by atoms with Gasteiger partial charge in [0, 0.05) is 29.0 Å². The van der Waals surface area contributed by atoms with Gasteiger partial charge < -0.3 is 10.2 Å². The standard InChI is InChI=1S/C36H39BrClN3O4S/c1-25(2)22-39-36(43)34(20-28-8-6-5-7-9-28)40(23-29-13-15-30(37)16-14-29)35(42)24-41(33-21-31(38)17-12-27(33)4)46(44,45)32-18-10-26(3)11-19-32/h5-19,21,25,34H,20,22-24H2,1-4H3,(H,39,43). The fraction of sp³-hybridized carbons (Fsp3) is 0.278. The van der Waals surface area contributed by atoms with Gasteiger partial charge in [0.1, 0.15) is 12.6 Å². The Morgan fingerprint density at radius 1 is 0.870 bits per heavy atom. The number of hydrogen-bond acceptors (Lipinski definition) is 4. The zero-order valence-corrected chi connectivity index (χ0v) is 29.6. The van der Waals surface area contributed by atoms with E-state index in [2.05, 4.69) is 21.2 Å². The molecule has 2 amide bonds. The van der Waals surface area contributed by atoms with Crippen LogP contribution in [0.3, 0.4) is 0 Å². The minimum atomic E-state index is -4.22. The summed E-state index contributed by atoms with van der Waals surface area (Å²) in [5.74, 6) is -0.647. The predicted octanol–water partition coefficient (Wildman–Crippen LogP) is 7.33. The van der Waals surface area contributed by atoms with E-state index in [0.717, 1.165) is 25.5 Å². The zero-order chi connectivity index (χ0) is 33.4. The fourth-order valence-electron chi connectivity index (χ4n) is 4.97. The van der Waals surface area contributed by atoms with Crippen molar-refractivity contribution in [2.45, 2.75) is 51.6 Å². The largest absolute Gasteiger partial charge is 0.354 e. The molecule has 0 radical (unpaired) electrons. The van der Waals surface area contributed by atoms with E-state index in [1.165, 1.54) is 17.0 Å². The molecule has 242 valence electrons. The SMILES string of the molecule is Cc1ccc(S(=O)(=O)N(CC(=O)N(Cc2ccc(Br)cc2)C(Cc2ccccc2)C(=O)NCC(C)C)c2cc(Cl)ccc2C)cc1. The first-order valence-electron chi connectivity index (χ1n) is 15.1. The molecule has 46 heavy (non-hydrogen) atoms. The monoisotopic (exact) mass is 723 g/mol. The maximum absolute atomic E-state index is 14.6. The highest BCUT2D eigenvalue weighted by molar-refractivity contribution is 9.10. The molecule has 4 aromatic rings. The lowest BCUT2D eigenvalue weighted by Gasteiger charge is -2.34. The molecule has 4 rings (SSSR count). The number of carbonyl (C=O) groups is 2. The Labute approximate surface area is 285 Å². The Kier molecular flexibility index (Phi) is 12.1. The van der Waals surface area contributed by atoms with Gasteiger partial charge in [0.15, 0.2) is 0 Å². The summed E-state index contributed by atoms with van der Waals surface area (Å²) in [5.41, 5.74) is 3.47. The van der Waals surface area contributed by atoms with Crippen LogP contribution < -0.4 is 9.62 Å². The molecule has 0 aromatic heterocycles. The van der Waals surface area contributed by atoms with Crippen molar-refractivity contribution in [2.24, 2.45) is 5.92 Å². The average Bonchev–Trinajstić information content (AvgIpc) is 3.03. The first kappa shape index (κ1) is 35.2. The van der Waals surface area contributed by atoms with Crippen LogP contribution in [0.1, 0.15) is 36.1 Å². The van der Waals surface area contributed by atoms with Crippen LogP contribution >= 0.6 is 27.5 Å². The van der Waals surface area contributed by atoms with Gasteiger partial charge in [-0.05, 0) is 72.9 Å². The minimum Gasteiger partial charge on any atom is -0.354 e. The number of sulfonamides is 1. The van der Waals surface area contributed by atoms with Crippen LogP contribution in [0.25, 0.3) is 0 Å². The summed E-state index contributed by atoms with van der Waals surface area (Å²) in [4.78, 5) is 30.0. The molecule has 7 nitrogen and oxygen atoms in total. The van der Waals surface area contributed by atoms with E-state index in [4.69, 9.17) is 11.6 Å². The van der Waals surface area contributed by atoms with E-state index in [1.807, 2.05) is 75.4 Å². The molecule has 0 aliphatic heterocycles. The van der Waals surface area contributed by atoms with Crippen molar-refractivity contribution >= 4 is 55.1 Å². The summed E-state index contributed by atoms with van der Waals surface area (Å²) in [6.07, 6.45) is 0.244. The third-order valence-electron chi connectivity index (χ3n) is 7.55. The van der Waals surface area contributed by atoms with E-state index >= 15 is 0 Å². The number of benzene rings is 4. The van der Waals surface area contributed by atoms with Crippen molar-refractivity contribution < 1.29 is 18.0 Å².